The zero-order valence-corrected chi connectivity index (χ0v) is 15.3. The standard InChI is InChI=1S/C8Br4Cl2O3/c9-3-1(7(13)15)5(11)6(17-12)2(4(3)10)8(14)16. The van der Waals surface area contributed by atoms with Crippen molar-refractivity contribution in [2.75, 3.05) is 0 Å². The van der Waals surface area contributed by atoms with E-state index in [-0.39, 0.29) is 25.8 Å². The first kappa shape index (κ1) is 15.9. The van der Waals surface area contributed by atoms with Crippen molar-refractivity contribution in [3.8, 4) is 5.75 Å². The molecular weight excluding hydrogens is 535 g/mol. The van der Waals surface area contributed by atoms with Gasteiger partial charge >= 0.3 is 0 Å². The summed E-state index contributed by atoms with van der Waals surface area (Å²) in [5.41, 5.74) is 0.179. The van der Waals surface area contributed by atoms with E-state index in [0.29, 0.717) is 4.47 Å². The molecule has 0 aliphatic rings. The lowest BCUT2D eigenvalue weighted by Gasteiger charge is -2.13. The lowest BCUT2D eigenvalue weighted by atomic mass is 10.1. The van der Waals surface area contributed by atoms with Crippen LogP contribution < -0.4 is 3.83 Å². The molecule has 0 unspecified atom stereocenters. The molecule has 0 spiro atoms. The average Bonchev–Trinajstić information content (AvgIpc) is 2.22. The van der Waals surface area contributed by atoms with Crippen molar-refractivity contribution in [2.45, 2.75) is 0 Å². The first-order valence-corrected chi connectivity index (χ1v) is 7.49. The second kappa shape index (κ2) is 6.34. The van der Waals surface area contributed by atoms with Gasteiger partial charge in [0.15, 0.2) is 22.0 Å². The summed E-state index contributed by atoms with van der Waals surface area (Å²) in [5.74, 6) is 0.0593. The second-order valence-corrected chi connectivity index (χ2v) is 6.03. The molecule has 0 saturated carbocycles. The highest BCUT2D eigenvalue weighted by atomic mass is 79.9. The van der Waals surface area contributed by atoms with Crippen LogP contribution in [0.15, 0.2) is 13.4 Å². The maximum absolute atomic E-state index is 11.3. The van der Waals surface area contributed by atoms with Crippen LogP contribution in [0.1, 0.15) is 20.7 Å². The van der Waals surface area contributed by atoms with Crippen LogP contribution in [-0.2, 0) is 0 Å². The molecule has 0 saturated heterocycles. The number of carbonyl (C=O) groups excluding carboxylic acids is 2. The van der Waals surface area contributed by atoms with Crippen LogP contribution in [0, 0.1) is 0 Å². The molecule has 9 heteroatoms. The maximum Gasteiger partial charge on any atom is 0.257 e. The van der Waals surface area contributed by atoms with E-state index in [9.17, 15) is 9.59 Å². The van der Waals surface area contributed by atoms with Gasteiger partial charge in [0.2, 0.25) is 0 Å². The third-order valence-electron chi connectivity index (χ3n) is 1.75. The molecule has 0 aliphatic heterocycles. The van der Waals surface area contributed by atoms with Gasteiger partial charge in [0.25, 0.3) is 10.5 Å². The summed E-state index contributed by atoms with van der Waals surface area (Å²) in [6, 6.07) is 0. The number of carbonyl (C=O) groups is 2. The van der Waals surface area contributed by atoms with Crippen LogP contribution in [-0.4, -0.2) is 10.5 Å². The number of rotatable bonds is 3. The van der Waals surface area contributed by atoms with Gasteiger partial charge in [-0.1, -0.05) is 0 Å². The summed E-state index contributed by atoms with van der Waals surface area (Å²) in [4.78, 5) is 22.6. The first-order valence-electron chi connectivity index (χ1n) is 3.71. The minimum absolute atomic E-state index is 0.0592. The summed E-state index contributed by atoms with van der Waals surface area (Å²) in [7, 11) is 0. The predicted molar refractivity (Wildman–Crippen MR) is 79.5 cm³/mol. The molecule has 0 radical (unpaired) electrons. The molecule has 0 bridgehead atoms. The van der Waals surface area contributed by atoms with E-state index in [1.54, 1.807) is 0 Å². The fourth-order valence-corrected chi connectivity index (χ4v) is 4.37. The molecule has 0 N–H and O–H groups in total. The molecular formula is C8Br4Cl2O3. The first-order chi connectivity index (χ1) is 7.82. The molecule has 0 aliphatic carbocycles. The Morgan fingerprint density at radius 2 is 1.29 bits per heavy atom. The Hall–Kier alpha value is 0.860. The van der Waals surface area contributed by atoms with Gasteiger partial charge in [-0.15, -0.1) is 0 Å². The largest absolute Gasteiger partial charge is 0.416 e. The van der Waals surface area contributed by atoms with E-state index in [2.05, 4.69) is 64.0 Å². The second-order valence-electron chi connectivity index (χ2n) is 2.65. The van der Waals surface area contributed by atoms with Crippen molar-refractivity contribution in [3.63, 3.8) is 0 Å². The highest BCUT2D eigenvalue weighted by Crippen LogP contribution is 2.45. The third kappa shape index (κ3) is 3.06. The van der Waals surface area contributed by atoms with Crippen molar-refractivity contribution in [1.82, 2.24) is 0 Å². The summed E-state index contributed by atoms with van der Waals surface area (Å²) in [5, 5.41) is -1.47. The van der Waals surface area contributed by atoms with E-state index >= 15 is 0 Å². The molecule has 1 rings (SSSR count). The fourth-order valence-electron chi connectivity index (χ4n) is 1.06. The Balaban J connectivity index is 3.81. The Bertz CT molecular complexity index is 518. The van der Waals surface area contributed by atoms with E-state index in [1.165, 1.54) is 0 Å². The molecule has 17 heavy (non-hydrogen) atoms. The SMILES string of the molecule is O=C(Cl)c1c(Br)c(Br)c(C(=O)Cl)c(OBr)c1Br. The molecule has 1 aromatic carbocycles. The van der Waals surface area contributed by atoms with Crippen molar-refractivity contribution >= 4 is 97.7 Å². The Labute approximate surface area is 140 Å². The monoisotopic (exact) mass is 530 g/mol. The number of halogens is 6. The van der Waals surface area contributed by atoms with Crippen molar-refractivity contribution in [1.29, 1.82) is 0 Å². The maximum atomic E-state index is 11.3. The van der Waals surface area contributed by atoms with Gasteiger partial charge in [0.1, 0.15) is 0 Å². The summed E-state index contributed by atoms with van der Waals surface area (Å²) in [6.45, 7) is 0. The van der Waals surface area contributed by atoms with Crippen LogP contribution in [0.5, 0.6) is 5.75 Å². The topological polar surface area (TPSA) is 43.4 Å². The van der Waals surface area contributed by atoms with Gasteiger partial charge < -0.3 is 3.83 Å². The minimum atomic E-state index is -0.749. The number of hydrogen-bond donors (Lipinski definition) is 0. The van der Waals surface area contributed by atoms with E-state index in [1.807, 2.05) is 0 Å². The van der Waals surface area contributed by atoms with Crippen LogP contribution >= 0.6 is 87.3 Å². The number of hydrogen-bond acceptors (Lipinski definition) is 3. The normalized spacial score (nSPS) is 10.2. The molecule has 0 aromatic heterocycles. The molecule has 0 fully saturated rings. The van der Waals surface area contributed by atoms with Gasteiger partial charge in [0, 0.05) is 8.95 Å². The Morgan fingerprint density at radius 1 is 0.882 bits per heavy atom. The zero-order chi connectivity index (χ0) is 13.3. The van der Waals surface area contributed by atoms with E-state index in [0.717, 1.165) is 0 Å². The molecule has 1 aromatic rings. The molecule has 0 amide bonds. The smallest absolute Gasteiger partial charge is 0.257 e. The fraction of sp³-hybridized carbons (Fsp3) is 0. The quantitative estimate of drug-likeness (QED) is 0.384. The minimum Gasteiger partial charge on any atom is -0.416 e. The van der Waals surface area contributed by atoms with E-state index < -0.39 is 10.5 Å². The van der Waals surface area contributed by atoms with Gasteiger partial charge in [-0.05, 0) is 71.0 Å². The Kier molecular flexibility index (Phi) is 5.94. The lowest BCUT2D eigenvalue weighted by molar-refractivity contribution is 0.106. The molecule has 0 atom stereocenters. The van der Waals surface area contributed by atoms with Gasteiger partial charge in [-0.25, -0.2) is 0 Å². The van der Waals surface area contributed by atoms with Crippen molar-refractivity contribution < 1.29 is 13.4 Å². The van der Waals surface area contributed by atoms with Crippen molar-refractivity contribution in [2.24, 2.45) is 0 Å². The summed E-state index contributed by atoms with van der Waals surface area (Å²) >= 11 is 23.0. The predicted octanol–water partition coefficient (Wildman–Crippen LogP) is 5.42. The van der Waals surface area contributed by atoms with Crippen molar-refractivity contribution in [3.05, 3.63) is 24.5 Å². The summed E-state index contributed by atoms with van der Waals surface area (Å²) in [6.07, 6.45) is 0. The van der Waals surface area contributed by atoms with Gasteiger partial charge in [0.05, 0.1) is 15.6 Å². The van der Waals surface area contributed by atoms with E-state index in [4.69, 9.17) is 27.0 Å². The van der Waals surface area contributed by atoms with Gasteiger partial charge in [-0.2, -0.15) is 0 Å². The lowest BCUT2D eigenvalue weighted by Crippen LogP contribution is -2.03. The number of benzene rings is 1. The van der Waals surface area contributed by atoms with Crippen LogP contribution in [0.3, 0.4) is 0 Å². The molecule has 0 heterocycles. The molecule has 3 nitrogen and oxygen atoms in total. The van der Waals surface area contributed by atoms with Crippen LogP contribution in [0.4, 0.5) is 0 Å². The zero-order valence-electron chi connectivity index (χ0n) is 7.49. The highest BCUT2D eigenvalue weighted by molar-refractivity contribution is 9.13. The third-order valence-corrected chi connectivity index (χ3v) is 5.32. The highest BCUT2D eigenvalue weighted by Gasteiger charge is 2.27. The molecule has 92 valence electrons. The van der Waals surface area contributed by atoms with Crippen LogP contribution in [0.2, 0.25) is 0 Å². The van der Waals surface area contributed by atoms with Gasteiger partial charge in [-0.3, -0.25) is 9.59 Å². The average molecular weight is 535 g/mol. The summed E-state index contributed by atoms with van der Waals surface area (Å²) < 4.78 is 5.66. The van der Waals surface area contributed by atoms with Crippen LogP contribution in [0.25, 0.3) is 0 Å². The Morgan fingerprint density at radius 3 is 1.65 bits per heavy atom.